The summed E-state index contributed by atoms with van der Waals surface area (Å²) in [5, 5.41) is 0. The van der Waals surface area contributed by atoms with Crippen LogP contribution in [-0.4, -0.2) is 28.0 Å². The largest absolute Gasteiger partial charge is 0.368 e. The fraction of sp³-hybridized carbons (Fsp3) is 0.462. The van der Waals surface area contributed by atoms with Gasteiger partial charge in [-0.05, 0) is 38.3 Å². The molecule has 0 aromatic carbocycles. The Morgan fingerprint density at radius 2 is 1.89 bits per heavy atom. The number of hydrogen-bond acceptors (Lipinski definition) is 6. The molecule has 0 spiro atoms. The highest BCUT2D eigenvalue weighted by molar-refractivity contribution is 7.15. The van der Waals surface area contributed by atoms with E-state index in [1.807, 2.05) is 6.07 Å². The Hall–Kier alpha value is -1.69. The van der Waals surface area contributed by atoms with E-state index in [9.17, 15) is 0 Å². The third-order valence-electron chi connectivity index (χ3n) is 3.24. The number of aryl methyl sites for hydroxylation is 1. The molecule has 19 heavy (non-hydrogen) atoms. The zero-order valence-electron chi connectivity index (χ0n) is 11.0. The highest BCUT2D eigenvalue weighted by atomic mass is 32.1. The predicted molar refractivity (Wildman–Crippen MR) is 78.4 cm³/mol. The van der Waals surface area contributed by atoms with Crippen LogP contribution >= 0.6 is 11.3 Å². The molecule has 2 aromatic heterocycles. The fourth-order valence-corrected chi connectivity index (χ4v) is 3.08. The summed E-state index contributed by atoms with van der Waals surface area (Å²) in [5.74, 6) is 1.70. The van der Waals surface area contributed by atoms with Gasteiger partial charge in [0, 0.05) is 18.0 Å². The van der Waals surface area contributed by atoms with Crippen LogP contribution in [0, 0.1) is 6.92 Å². The lowest BCUT2D eigenvalue weighted by Crippen LogP contribution is -2.31. The molecule has 3 heterocycles. The first-order valence-electron chi connectivity index (χ1n) is 6.56. The van der Waals surface area contributed by atoms with Crippen LogP contribution in [0.15, 0.2) is 12.1 Å². The molecule has 0 amide bonds. The minimum Gasteiger partial charge on any atom is -0.368 e. The second-order valence-corrected chi connectivity index (χ2v) is 6.06. The molecule has 1 aliphatic heterocycles. The minimum absolute atomic E-state index is 0.302. The number of nitrogens with zero attached hydrogens (tertiary/aromatic N) is 4. The maximum atomic E-state index is 5.83. The van der Waals surface area contributed by atoms with Gasteiger partial charge in [-0.3, -0.25) is 0 Å². The Kier molecular flexibility index (Phi) is 3.33. The first-order chi connectivity index (χ1) is 9.22. The van der Waals surface area contributed by atoms with E-state index in [1.165, 1.54) is 24.1 Å². The lowest BCUT2D eigenvalue weighted by atomic mass is 10.1. The van der Waals surface area contributed by atoms with Crippen molar-refractivity contribution < 1.29 is 0 Å². The van der Waals surface area contributed by atoms with Crippen molar-refractivity contribution in [3.05, 3.63) is 17.0 Å². The van der Waals surface area contributed by atoms with E-state index in [1.54, 1.807) is 11.3 Å². The van der Waals surface area contributed by atoms with Gasteiger partial charge in [0.25, 0.3) is 0 Å². The van der Waals surface area contributed by atoms with E-state index in [-0.39, 0.29) is 0 Å². The van der Waals surface area contributed by atoms with Gasteiger partial charge >= 0.3 is 0 Å². The van der Waals surface area contributed by atoms with Gasteiger partial charge < -0.3 is 10.6 Å². The van der Waals surface area contributed by atoms with Gasteiger partial charge in [-0.25, -0.2) is 0 Å². The Morgan fingerprint density at radius 1 is 1.11 bits per heavy atom. The number of piperidine rings is 1. The summed E-state index contributed by atoms with van der Waals surface area (Å²) < 4.78 is 0. The summed E-state index contributed by atoms with van der Waals surface area (Å²) in [6.07, 6.45) is 3.67. The molecule has 3 rings (SSSR count). The van der Waals surface area contributed by atoms with Crippen LogP contribution in [0.1, 0.15) is 24.1 Å². The van der Waals surface area contributed by atoms with E-state index in [0.717, 1.165) is 18.0 Å². The molecule has 1 saturated heterocycles. The maximum Gasteiger partial charge on any atom is 0.230 e. The number of hydrogen-bond donors (Lipinski definition) is 1. The molecule has 0 aliphatic carbocycles. The molecule has 1 fully saturated rings. The molecule has 5 nitrogen and oxygen atoms in total. The summed E-state index contributed by atoms with van der Waals surface area (Å²) in [6.45, 7) is 4.09. The van der Waals surface area contributed by atoms with Gasteiger partial charge in [-0.1, -0.05) is 0 Å². The average molecular weight is 275 g/mol. The predicted octanol–water partition coefficient (Wildman–Crippen LogP) is 2.48. The van der Waals surface area contributed by atoms with Gasteiger partial charge in [0.1, 0.15) is 0 Å². The van der Waals surface area contributed by atoms with E-state index in [0.29, 0.717) is 17.7 Å². The van der Waals surface area contributed by atoms with Crippen LogP contribution in [0.2, 0.25) is 0 Å². The molecule has 0 atom stereocenters. The zero-order chi connectivity index (χ0) is 13.2. The lowest BCUT2D eigenvalue weighted by Gasteiger charge is -2.26. The lowest BCUT2D eigenvalue weighted by molar-refractivity contribution is 0.568. The van der Waals surface area contributed by atoms with Crippen molar-refractivity contribution >= 4 is 23.2 Å². The third-order valence-corrected chi connectivity index (χ3v) is 4.24. The topological polar surface area (TPSA) is 67.9 Å². The zero-order valence-corrected chi connectivity index (χ0v) is 11.8. The molecular formula is C13H17N5S. The molecule has 0 saturated carbocycles. The number of rotatable bonds is 2. The standard InChI is InChI=1S/C13H17N5S/c1-9-5-6-10(19-9)11-15-12(14)17-13(16-11)18-7-3-2-4-8-18/h5-6H,2-4,7-8H2,1H3,(H2,14,15,16,17). The summed E-state index contributed by atoms with van der Waals surface area (Å²) in [6, 6.07) is 4.11. The van der Waals surface area contributed by atoms with Crippen molar-refractivity contribution in [1.29, 1.82) is 0 Å². The van der Waals surface area contributed by atoms with Crippen molar-refractivity contribution in [3.63, 3.8) is 0 Å². The number of nitrogens with two attached hydrogens (primary N) is 1. The summed E-state index contributed by atoms with van der Waals surface area (Å²) >= 11 is 1.68. The van der Waals surface area contributed by atoms with E-state index in [4.69, 9.17) is 5.73 Å². The van der Waals surface area contributed by atoms with Gasteiger partial charge in [-0.15, -0.1) is 11.3 Å². The molecular weight excluding hydrogens is 258 g/mol. The van der Waals surface area contributed by atoms with Crippen LogP contribution in [-0.2, 0) is 0 Å². The van der Waals surface area contributed by atoms with Crippen molar-refractivity contribution in [1.82, 2.24) is 15.0 Å². The van der Waals surface area contributed by atoms with Crippen molar-refractivity contribution in [2.24, 2.45) is 0 Å². The second kappa shape index (κ2) is 5.13. The van der Waals surface area contributed by atoms with Gasteiger partial charge in [0.2, 0.25) is 11.9 Å². The Morgan fingerprint density at radius 3 is 2.58 bits per heavy atom. The van der Waals surface area contributed by atoms with Crippen LogP contribution < -0.4 is 10.6 Å². The van der Waals surface area contributed by atoms with Crippen molar-refractivity contribution in [2.45, 2.75) is 26.2 Å². The fourth-order valence-electron chi connectivity index (χ4n) is 2.28. The third kappa shape index (κ3) is 2.68. The van der Waals surface area contributed by atoms with E-state index < -0.39 is 0 Å². The van der Waals surface area contributed by atoms with Gasteiger partial charge in [0.15, 0.2) is 5.82 Å². The SMILES string of the molecule is Cc1ccc(-c2nc(N)nc(N3CCCCC3)n2)s1. The van der Waals surface area contributed by atoms with Crippen molar-refractivity contribution in [2.75, 3.05) is 23.7 Å². The minimum atomic E-state index is 0.302. The highest BCUT2D eigenvalue weighted by Gasteiger charge is 2.16. The number of anilines is 2. The number of nitrogen functional groups attached to an aromatic ring is 1. The molecule has 0 unspecified atom stereocenters. The van der Waals surface area contributed by atoms with Crippen LogP contribution in [0.5, 0.6) is 0 Å². The molecule has 2 N–H and O–H groups in total. The molecule has 2 aromatic rings. The quantitative estimate of drug-likeness (QED) is 0.912. The Bertz CT molecular complexity index is 574. The number of aromatic nitrogens is 3. The summed E-state index contributed by atoms with van der Waals surface area (Å²) in [5.41, 5.74) is 5.83. The smallest absolute Gasteiger partial charge is 0.230 e. The summed E-state index contributed by atoms with van der Waals surface area (Å²) in [4.78, 5) is 17.6. The molecule has 0 radical (unpaired) electrons. The average Bonchev–Trinajstić information content (AvgIpc) is 2.86. The normalized spacial score (nSPS) is 15.7. The molecule has 100 valence electrons. The number of thiophene rings is 1. The van der Waals surface area contributed by atoms with Crippen LogP contribution in [0.25, 0.3) is 10.7 Å². The summed E-state index contributed by atoms with van der Waals surface area (Å²) in [7, 11) is 0. The van der Waals surface area contributed by atoms with Crippen molar-refractivity contribution in [3.8, 4) is 10.7 Å². The first kappa shape index (κ1) is 12.3. The first-order valence-corrected chi connectivity index (χ1v) is 7.37. The monoisotopic (exact) mass is 275 g/mol. The van der Waals surface area contributed by atoms with Crippen LogP contribution in [0.3, 0.4) is 0 Å². The Balaban J connectivity index is 1.95. The molecule has 6 heteroatoms. The Labute approximate surface area is 116 Å². The van der Waals surface area contributed by atoms with E-state index in [2.05, 4.69) is 32.8 Å². The van der Waals surface area contributed by atoms with Gasteiger partial charge in [0.05, 0.1) is 4.88 Å². The second-order valence-electron chi connectivity index (χ2n) is 4.78. The highest BCUT2D eigenvalue weighted by Crippen LogP contribution is 2.26. The molecule has 1 aliphatic rings. The molecule has 0 bridgehead atoms. The maximum absolute atomic E-state index is 5.83. The van der Waals surface area contributed by atoms with Crippen LogP contribution in [0.4, 0.5) is 11.9 Å². The van der Waals surface area contributed by atoms with E-state index >= 15 is 0 Å². The van der Waals surface area contributed by atoms with Gasteiger partial charge in [-0.2, -0.15) is 15.0 Å².